The molecule has 0 aromatic heterocycles. The van der Waals surface area contributed by atoms with Crippen molar-refractivity contribution in [3.63, 3.8) is 0 Å². The maximum atomic E-state index is 12.4. The number of ether oxygens (including phenoxy) is 1. The van der Waals surface area contributed by atoms with Crippen LogP contribution < -0.4 is 5.32 Å². The molecule has 0 saturated heterocycles. The van der Waals surface area contributed by atoms with E-state index in [2.05, 4.69) is 5.32 Å². The fraction of sp³-hybridized carbons (Fsp3) is 0.929. The molecule has 0 radical (unpaired) electrons. The maximum Gasteiger partial charge on any atom is 0.226 e. The number of hydrogen-bond donors (Lipinski definition) is 2. The maximum absolute atomic E-state index is 12.4. The Morgan fingerprint density at radius 3 is 2.61 bits per heavy atom. The van der Waals surface area contributed by atoms with Crippen LogP contribution in [0, 0.1) is 5.41 Å². The van der Waals surface area contributed by atoms with Crippen LogP contribution in [0.1, 0.15) is 51.4 Å². The van der Waals surface area contributed by atoms with Crippen LogP contribution in [0.3, 0.4) is 0 Å². The smallest absolute Gasteiger partial charge is 0.226 e. The lowest BCUT2D eigenvalue weighted by Gasteiger charge is -2.42. The van der Waals surface area contributed by atoms with Crippen LogP contribution in [0.4, 0.5) is 0 Å². The van der Waals surface area contributed by atoms with Crippen molar-refractivity contribution in [3.8, 4) is 0 Å². The van der Waals surface area contributed by atoms with Gasteiger partial charge in [0.15, 0.2) is 0 Å². The lowest BCUT2D eigenvalue weighted by Crippen LogP contribution is -2.53. The molecule has 2 unspecified atom stereocenters. The zero-order valence-electron chi connectivity index (χ0n) is 11.3. The minimum absolute atomic E-state index is 0.0359. The normalized spacial score (nSPS) is 30.6. The Hall–Kier alpha value is -0.610. The third-order valence-corrected chi connectivity index (χ3v) is 4.62. The molecule has 0 aromatic rings. The number of nitrogens with one attached hydrogen (secondary N) is 1. The van der Waals surface area contributed by atoms with Crippen molar-refractivity contribution < 1.29 is 14.6 Å². The molecule has 2 fully saturated rings. The van der Waals surface area contributed by atoms with E-state index in [1.54, 1.807) is 7.11 Å². The van der Waals surface area contributed by atoms with E-state index in [1.807, 2.05) is 0 Å². The summed E-state index contributed by atoms with van der Waals surface area (Å²) in [6.45, 7) is 0.640. The molecule has 0 aromatic carbocycles. The van der Waals surface area contributed by atoms with E-state index in [-0.39, 0.29) is 23.5 Å². The number of aliphatic hydroxyl groups is 1. The Bertz CT molecular complexity index is 289. The summed E-state index contributed by atoms with van der Waals surface area (Å²) in [5.41, 5.74) is -0.215. The minimum atomic E-state index is -0.359. The van der Waals surface area contributed by atoms with E-state index >= 15 is 0 Å². The quantitative estimate of drug-likeness (QED) is 0.784. The number of carbonyl (C=O) groups excluding carboxylic acids is 1. The second-order valence-electron chi connectivity index (χ2n) is 5.81. The van der Waals surface area contributed by atoms with Crippen molar-refractivity contribution in [2.45, 2.75) is 63.5 Å². The third kappa shape index (κ3) is 2.86. The largest absolute Gasteiger partial charge is 0.391 e. The molecule has 2 aliphatic carbocycles. The van der Waals surface area contributed by atoms with E-state index < -0.39 is 0 Å². The summed E-state index contributed by atoms with van der Waals surface area (Å²) in [7, 11) is 1.68. The highest BCUT2D eigenvalue weighted by molar-refractivity contribution is 5.83. The molecule has 2 aliphatic rings. The van der Waals surface area contributed by atoms with Gasteiger partial charge in [0.2, 0.25) is 5.91 Å². The molecule has 2 saturated carbocycles. The molecular formula is C14H25NO3. The monoisotopic (exact) mass is 255 g/mol. The van der Waals surface area contributed by atoms with Crippen molar-refractivity contribution in [1.29, 1.82) is 0 Å². The number of rotatable bonds is 5. The van der Waals surface area contributed by atoms with Crippen LogP contribution >= 0.6 is 0 Å². The molecule has 1 amide bonds. The van der Waals surface area contributed by atoms with Gasteiger partial charge in [-0.2, -0.15) is 0 Å². The van der Waals surface area contributed by atoms with E-state index in [0.29, 0.717) is 6.61 Å². The van der Waals surface area contributed by atoms with Gasteiger partial charge in [0.1, 0.15) is 0 Å². The molecule has 4 heteroatoms. The molecule has 0 spiro atoms. The number of aliphatic hydroxyl groups excluding tert-OH is 1. The second-order valence-corrected chi connectivity index (χ2v) is 5.81. The van der Waals surface area contributed by atoms with Crippen LogP contribution in [0.2, 0.25) is 0 Å². The molecule has 4 nitrogen and oxygen atoms in total. The molecule has 2 N–H and O–H groups in total. The summed E-state index contributed by atoms with van der Waals surface area (Å²) in [6, 6.07) is -0.0359. The lowest BCUT2D eigenvalue weighted by molar-refractivity contribution is -0.139. The molecule has 18 heavy (non-hydrogen) atoms. The first-order chi connectivity index (χ1) is 8.68. The van der Waals surface area contributed by atoms with Crippen molar-refractivity contribution >= 4 is 5.91 Å². The average molecular weight is 255 g/mol. The zero-order chi connectivity index (χ0) is 13.0. The van der Waals surface area contributed by atoms with Gasteiger partial charge in [-0.3, -0.25) is 4.79 Å². The SMILES string of the molecule is COCCC1(C(=O)NC2CCCCC2O)CCC1. The van der Waals surface area contributed by atoms with E-state index in [1.165, 1.54) is 0 Å². The molecule has 2 atom stereocenters. The fourth-order valence-electron chi connectivity index (χ4n) is 3.09. The van der Waals surface area contributed by atoms with Gasteiger partial charge in [0.05, 0.1) is 17.6 Å². The molecule has 0 aliphatic heterocycles. The minimum Gasteiger partial charge on any atom is -0.391 e. The number of carbonyl (C=O) groups is 1. The summed E-state index contributed by atoms with van der Waals surface area (Å²) in [6.07, 6.45) is 7.40. The molecule has 2 rings (SSSR count). The van der Waals surface area contributed by atoms with Crippen molar-refractivity contribution in [3.05, 3.63) is 0 Å². The van der Waals surface area contributed by atoms with Crippen molar-refractivity contribution in [2.75, 3.05) is 13.7 Å². The van der Waals surface area contributed by atoms with Gasteiger partial charge < -0.3 is 15.2 Å². The number of methoxy groups -OCH3 is 1. The fourth-order valence-corrected chi connectivity index (χ4v) is 3.09. The standard InChI is InChI=1S/C14H25NO3/c1-18-10-9-14(7-4-8-14)13(17)15-11-5-2-3-6-12(11)16/h11-12,16H,2-10H2,1H3,(H,15,17). The van der Waals surface area contributed by atoms with Crippen LogP contribution in [0.25, 0.3) is 0 Å². The third-order valence-electron chi connectivity index (χ3n) is 4.62. The predicted octanol–water partition coefficient (Wildman–Crippen LogP) is 1.61. The highest BCUT2D eigenvalue weighted by Gasteiger charge is 2.44. The first kappa shape index (κ1) is 13.8. The van der Waals surface area contributed by atoms with Gasteiger partial charge in [-0.25, -0.2) is 0 Å². The Kier molecular flexibility index (Phi) is 4.62. The van der Waals surface area contributed by atoms with Gasteiger partial charge in [-0.1, -0.05) is 19.3 Å². The summed E-state index contributed by atoms with van der Waals surface area (Å²) >= 11 is 0. The Morgan fingerprint density at radius 1 is 1.33 bits per heavy atom. The molecule has 0 heterocycles. The van der Waals surface area contributed by atoms with Gasteiger partial charge in [-0.05, 0) is 32.1 Å². The van der Waals surface area contributed by atoms with Crippen molar-refractivity contribution in [1.82, 2.24) is 5.32 Å². The number of hydrogen-bond acceptors (Lipinski definition) is 3. The predicted molar refractivity (Wildman–Crippen MR) is 69.2 cm³/mol. The Morgan fingerprint density at radius 2 is 2.06 bits per heavy atom. The molecular weight excluding hydrogens is 230 g/mol. The van der Waals surface area contributed by atoms with Gasteiger partial charge in [-0.15, -0.1) is 0 Å². The number of amides is 1. The highest BCUT2D eigenvalue weighted by Crippen LogP contribution is 2.44. The van der Waals surface area contributed by atoms with Crippen LogP contribution in [0.15, 0.2) is 0 Å². The summed E-state index contributed by atoms with van der Waals surface area (Å²) < 4.78 is 5.11. The zero-order valence-corrected chi connectivity index (χ0v) is 11.3. The molecule has 0 bridgehead atoms. The van der Waals surface area contributed by atoms with E-state index in [9.17, 15) is 9.90 Å². The van der Waals surface area contributed by atoms with Gasteiger partial charge in [0, 0.05) is 13.7 Å². The van der Waals surface area contributed by atoms with Crippen LogP contribution in [-0.2, 0) is 9.53 Å². The van der Waals surface area contributed by atoms with Gasteiger partial charge in [0.25, 0.3) is 0 Å². The van der Waals surface area contributed by atoms with E-state index in [4.69, 9.17) is 4.74 Å². The first-order valence-electron chi connectivity index (χ1n) is 7.16. The van der Waals surface area contributed by atoms with Crippen LogP contribution in [-0.4, -0.2) is 36.9 Å². The summed E-state index contributed by atoms with van der Waals surface area (Å²) in [4.78, 5) is 12.4. The van der Waals surface area contributed by atoms with E-state index in [0.717, 1.165) is 51.4 Å². The summed E-state index contributed by atoms with van der Waals surface area (Å²) in [5, 5.41) is 13.0. The van der Waals surface area contributed by atoms with Crippen molar-refractivity contribution in [2.24, 2.45) is 5.41 Å². The van der Waals surface area contributed by atoms with Crippen LogP contribution in [0.5, 0.6) is 0 Å². The highest BCUT2D eigenvalue weighted by atomic mass is 16.5. The lowest BCUT2D eigenvalue weighted by atomic mass is 9.66. The average Bonchev–Trinajstić information content (AvgIpc) is 2.31. The summed E-state index contributed by atoms with van der Waals surface area (Å²) in [5.74, 6) is 0.136. The Balaban J connectivity index is 1.89. The van der Waals surface area contributed by atoms with Gasteiger partial charge >= 0.3 is 0 Å². The second kappa shape index (κ2) is 6.02. The molecule has 104 valence electrons. The first-order valence-corrected chi connectivity index (χ1v) is 7.16. The topological polar surface area (TPSA) is 58.6 Å². The Labute approximate surface area is 109 Å².